The number of hydrogen-bond acceptors (Lipinski definition) is 3. The average Bonchev–Trinajstić information content (AvgIpc) is 1.63. The average molecular weight is 178 g/mol. The Morgan fingerprint density at radius 3 is 1.80 bits per heavy atom. The zero-order chi connectivity index (χ0) is 8.62. The monoisotopic (exact) mass is 178 g/mol. The van der Waals surface area contributed by atoms with Crippen LogP contribution < -0.4 is 0 Å². The molecule has 0 spiro atoms. The van der Waals surface area contributed by atoms with Gasteiger partial charge in [-0.15, -0.1) is 0 Å². The second-order valence-electron chi connectivity index (χ2n) is 1.72. The van der Waals surface area contributed by atoms with E-state index in [9.17, 15) is 8.42 Å². The van der Waals surface area contributed by atoms with Crippen molar-refractivity contribution in [2.45, 2.75) is 10.6 Å². The van der Waals surface area contributed by atoms with E-state index in [1.807, 2.05) is 0 Å². The molecule has 0 fully saturated rings. The van der Waals surface area contributed by atoms with Gasteiger partial charge in [-0.3, -0.25) is 4.55 Å². The summed E-state index contributed by atoms with van der Waals surface area (Å²) in [6.07, 6.45) is 0. The Hall–Kier alpha value is 0.870. The third-order valence-corrected chi connectivity index (χ3v) is 1.05. The van der Waals surface area contributed by atoms with Crippen LogP contribution in [0, 0.1) is 0 Å². The van der Waals surface area contributed by atoms with Gasteiger partial charge >= 0.3 is 38.5 Å². The largest absolute Gasteiger partial charge is 0.395 e. The van der Waals surface area contributed by atoms with E-state index < -0.39 is 22.5 Å². The normalized spacial score (nSPS) is 10.1. The molecule has 0 heterocycles. The molecule has 6 heteroatoms. The molecule has 0 rings (SSSR count). The van der Waals surface area contributed by atoms with Crippen molar-refractivity contribution in [2.75, 3.05) is 12.4 Å². The number of aliphatic hydroxyl groups excluding tert-OH is 1. The SMILES string of the molecule is C[CH2][Na].O=S(=O)(O)CCO. The van der Waals surface area contributed by atoms with Crippen LogP contribution in [0.25, 0.3) is 0 Å². The van der Waals surface area contributed by atoms with Crippen LogP contribution in [0.15, 0.2) is 0 Å². The van der Waals surface area contributed by atoms with E-state index in [0.29, 0.717) is 0 Å². The molecule has 0 saturated carbocycles. The second kappa shape index (κ2) is 7.97. The van der Waals surface area contributed by atoms with E-state index in [4.69, 9.17) is 9.66 Å². The first-order valence-electron chi connectivity index (χ1n) is 3.04. The van der Waals surface area contributed by atoms with Crippen molar-refractivity contribution in [1.29, 1.82) is 0 Å². The molecule has 0 amide bonds. The van der Waals surface area contributed by atoms with Gasteiger partial charge in [0.15, 0.2) is 0 Å². The summed E-state index contributed by atoms with van der Waals surface area (Å²) < 4.78 is 28.5. The fourth-order valence-electron chi connectivity index (χ4n) is 0.115. The number of aliphatic hydroxyl groups is 1. The molecule has 58 valence electrons. The van der Waals surface area contributed by atoms with Gasteiger partial charge < -0.3 is 5.11 Å². The predicted molar refractivity (Wildman–Crippen MR) is 39.7 cm³/mol. The standard InChI is InChI=1S/C2H6O4S.C2H5.Na/c3-1-2-7(4,5)6;1-2;/h3H,1-2H2,(H,4,5,6);1H2,2H3;. The number of rotatable bonds is 2. The van der Waals surface area contributed by atoms with E-state index in [1.165, 1.54) is 31.6 Å². The van der Waals surface area contributed by atoms with Gasteiger partial charge in [-0.25, -0.2) is 0 Å². The summed E-state index contributed by atoms with van der Waals surface area (Å²) in [5.41, 5.74) is 0. The zero-order valence-electron chi connectivity index (χ0n) is 6.24. The molecule has 0 radical (unpaired) electrons. The molecule has 0 aliphatic rings. The van der Waals surface area contributed by atoms with Crippen LogP contribution in [-0.4, -0.2) is 58.4 Å². The van der Waals surface area contributed by atoms with Crippen LogP contribution in [0.2, 0.25) is 3.67 Å². The first kappa shape index (κ1) is 13.5. The first-order chi connectivity index (χ1) is 4.47. The van der Waals surface area contributed by atoms with E-state index >= 15 is 0 Å². The summed E-state index contributed by atoms with van der Waals surface area (Å²) >= 11 is 1.37. The van der Waals surface area contributed by atoms with Gasteiger partial charge in [-0.1, -0.05) is 0 Å². The molecule has 0 aromatic carbocycles. The summed E-state index contributed by atoms with van der Waals surface area (Å²) in [6, 6.07) is 0. The van der Waals surface area contributed by atoms with E-state index in [0.717, 1.165) is 0 Å². The van der Waals surface area contributed by atoms with Gasteiger partial charge in [0.05, 0.1) is 12.4 Å². The summed E-state index contributed by atoms with van der Waals surface area (Å²) in [4.78, 5) is 0. The summed E-state index contributed by atoms with van der Waals surface area (Å²) in [5.74, 6) is -0.576. The molecule has 0 aromatic rings. The Bertz CT molecular complexity index is 141. The first-order valence-corrected chi connectivity index (χ1v) is 6.06. The molecule has 0 aromatic heterocycles. The summed E-state index contributed by atoms with van der Waals surface area (Å²) in [6.45, 7) is 1.66. The van der Waals surface area contributed by atoms with Gasteiger partial charge in [0, 0.05) is 0 Å². The minimum atomic E-state index is -3.92. The van der Waals surface area contributed by atoms with Gasteiger partial charge in [0.1, 0.15) is 0 Å². The maximum Gasteiger partial charge on any atom is 0.267 e. The van der Waals surface area contributed by atoms with Gasteiger partial charge in [-0.2, -0.15) is 8.42 Å². The maximum atomic E-state index is 9.63. The smallest absolute Gasteiger partial charge is 0.267 e. The van der Waals surface area contributed by atoms with Gasteiger partial charge in [-0.05, 0) is 0 Å². The van der Waals surface area contributed by atoms with Crippen LogP contribution in [0.3, 0.4) is 0 Å². The molecular formula is C4H11NaO4S. The van der Waals surface area contributed by atoms with Crippen LogP contribution in [0.1, 0.15) is 6.92 Å². The van der Waals surface area contributed by atoms with Gasteiger partial charge in [0.2, 0.25) is 0 Å². The van der Waals surface area contributed by atoms with E-state index in [2.05, 4.69) is 6.92 Å². The van der Waals surface area contributed by atoms with Crippen molar-refractivity contribution in [3.05, 3.63) is 0 Å². The molecular weight excluding hydrogens is 167 g/mol. The van der Waals surface area contributed by atoms with Crippen molar-refractivity contribution in [3.63, 3.8) is 0 Å². The Kier molecular flexibility index (Phi) is 10.7. The third-order valence-electron chi connectivity index (χ3n) is 0.349. The van der Waals surface area contributed by atoms with Crippen molar-refractivity contribution in [2.24, 2.45) is 0 Å². The van der Waals surface area contributed by atoms with Crippen LogP contribution in [-0.2, 0) is 10.1 Å². The van der Waals surface area contributed by atoms with Crippen molar-refractivity contribution < 1.29 is 18.1 Å². The Balaban J connectivity index is 0. The van der Waals surface area contributed by atoms with Crippen molar-refractivity contribution >= 4 is 38.0 Å². The molecule has 0 unspecified atom stereocenters. The van der Waals surface area contributed by atoms with Gasteiger partial charge in [0.25, 0.3) is 10.1 Å². The fraction of sp³-hybridized carbons (Fsp3) is 1.00. The minimum absolute atomic E-state index is 0.529. The number of hydrogen-bond donors (Lipinski definition) is 2. The van der Waals surface area contributed by atoms with Crippen molar-refractivity contribution in [3.8, 4) is 0 Å². The van der Waals surface area contributed by atoms with E-state index in [1.54, 1.807) is 0 Å². The summed E-state index contributed by atoms with van der Waals surface area (Å²) in [7, 11) is -3.92. The quantitative estimate of drug-likeness (QED) is 0.440. The molecule has 0 aliphatic heterocycles. The second-order valence-corrected chi connectivity index (χ2v) is 4.70. The van der Waals surface area contributed by atoms with Crippen LogP contribution in [0.4, 0.5) is 0 Å². The zero-order valence-corrected chi connectivity index (χ0v) is 9.06. The molecule has 0 saturated heterocycles. The van der Waals surface area contributed by atoms with Crippen LogP contribution >= 0.6 is 0 Å². The van der Waals surface area contributed by atoms with Crippen molar-refractivity contribution in [1.82, 2.24) is 0 Å². The molecule has 0 atom stereocenters. The maximum absolute atomic E-state index is 9.63. The Morgan fingerprint density at radius 2 is 1.80 bits per heavy atom. The minimum Gasteiger partial charge on any atom is -0.395 e. The third kappa shape index (κ3) is 23.2. The fourth-order valence-corrected chi connectivity index (χ4v) is 0.346. The molecule has 4 nitrogen and oxygen atoms in total. The predicted octanol–water partition coefficient (Wildman–Crippen LogP) is -0.540. The molecule has 0 aliphatic carbocycles. The van der Waals surface area contributed by atoms with E-state index in [-0.39, 0.29) is 0 Å². The topological polar surface area (TPSA) is 74.6 Å². The molecule has 0 bridgehead atoms. The Labute approximate surface area is 78.8 Å². The summed E-state index contributed by atoms with van der Waals surface area (Å²) in [5, 5.41) is 7.86. The molecule has 2 N–H and O–H groups in total. The Morgan fingerprint density at radius 1 is 1.50 bits per heavy atom. The molecule has 10 heavy (non-hydrogen) atoms. The van der Waals surface area contributed by atoms with Crippen LogP contribution in [0.5, 0.6) is 0 Å².